The van der Waals surface area contributed by atoms with Gasteiger partial charge >= 0.3 is 12.1 Å². The van der Waals surface area contributed by atoms with E-state index < -0.39 is 27.8 Å². The fourth-order valence-corrected chi connectivity index (χ4v) is 7.39. The summed E-state index contributed by atoms with van der Waals surface area (Å²) in [5, 5.41) is 30.7. The van der Waals surface area contributed by atoms with E-state index in [9.17, 15) is 38.9 Å². The number of azo groups is 1. The first-order valence-electron chi connectivity index (χ1n) is 21.1. The molecule has 17 nitrogen and oxygen atoms in total. The summed E-state index contributed by atoms with van der Waals surface area (Å²) in [5.74, 6) is -0.942. The Morgan fingerprint density at radius 1 is 0.507 bits per heavy atom. The molecule has 336 valence electrons. The lowest BCUT2D eigenvalue weighted by Gasteiger charge is -2.41. The average Bonchev–Trinajstić information content (AvgIpc) is 3.31. The Hall–Kier alpha value is -8.86. The Morgan fingerprint density at radius 3 is 1.30 bits per heavy atom. The third kappa shape index (κ3) is 9.51. The number of β-lactam (4-membered cyclic amide) rings is 4. The minimum atomic E-state index is -1.01. The van der Waals surface area contributed by atoms with Gasteiger partial charge in [0.25, 0.3) is 5.69 Å². The van der Waals surface area contributed by atoms with Crippen LogP contribution in [0, 0.1) is 20.9 Å². The number of nitro benzene ring substituents is 1. The second-order valence-corrected chi connectivity index (χ2v) is 17.1. The molecule has 2 saturated heterocycles. The first-order chi connectivity index (χ1) is 32.0. The number of imide groups is 2. The van der Waals surface area contributed by atoms with Crippen LogP contribution in [0.2, 0.25) is 0 Å². The van der Waals surface area contributed by atoms with Crippen molar-refractivity contribution in [2.24, 2.45) is 21.1 Å². The van der Waals surface area contributed by atoms with E-state index in [1.807, 2.05) is 48.5 Å². The predicted octanol–water partition coefficient (Wildman–Crippen LogP) is 10.3. The van der Waals surface area contributed by atoms with Gasteiger partial charge in [0, 0.05) is 29.2 Å². The standard InChI is InChI=1S/C50H43N9O8/c1-49(2)43(60)57(44(49)61)38-20-9-32(10-21-38)27-30-5-13-34(14-6-30)51-47(64)53-37-19-26-41(56-55-36-17-24-40(25-18-36)59(66)67)42(29-37)54-48(65)52-35-15-7-31(8-16-35)28-33-11-22-39(23-12-33)58-45(62)50(3,4)46(58)63/h5-26,29H,27-28H2,1-4H3,(H2,51,53,64)(H2,52,54,65). The molecule has 0 saturated carbocycles. The van der Waals surface area contributed by atoms with Crippen molar-refractivity contribution >= 4 is 86.9 Å². The number of nitro groups is 1. The molecule has 17 heteroatoms. The zero-order chi connectivity index (χ0) is 47.6. The Balaban J connectivity index is 0.895. The average molecular weight is 898 g/mol. The molecule has 67 heavy (non-hydrogen) atoms. The number of hydrogen-bond donors (Lipinski definition) is 4. The van der Waals surface area contributed by atoms with Crippen LogP contribution < -0.4 is 31.1 Å². The lowest BCUT2D eigenvalue weighted by atomic mass is 9.81. The zero-order valence-corrected chi connectivity index (χ0v) is 36.7. The number of non-ortho nitro benzene ring substituents is 1. The van der Waals surface area contributed by atoms with Crippen LogP contribution in [0.3, 0.4) is 0 Å². The molecule has 6 aromatic carbocycles. The maximum absolute atomic E-state index is 13.4. The van der Waals surface area contributed by atoms with E-state index in [1.54, 1.807) is 88.4 Å². The number of benzene rings is 6. The molecule has 0 atom stereocenters. The third-order valence-corrected chi connectivity index (χ3v) is 11.4. The van der Waals surface area contributed by atoms with Crippen LogP contribution in [0.4, 0.5) is 60.8 Å². The molecule has 0 bridgehead atoms. The van der Waals surface area contributed by atoms with Crippen LogP contribution in [0.1, 0.15) is 49.9 Å². The van der Waals surface area contributed by atoms with Crippen LogP contribution in [0.25, 0.3) is 0 Å². The summed E-state index contributed by atoms with van der Waals surface area (Å²) in [6.45, 7) is 6.45. The second kappa shape index (κ2) is 18.0. The van der Waals surface area contributed by atoms with Crippen molar-refractivity contribution in [2.45, 2.75) is 40.5 Å². The normalized spacial score (nSPS) is 14.9. The van der Waals surface area contributed by atoms with Crippen molar-refractivity contribution in [1.82, 2.24) is 0 Å². The number of anilines is 6. The maximum atomic E-state index is 13.4. The van der Waals surface area contributed by atoms with Gasteiger partial charge in [-0.2, -0.15) is 5.11 Å². The Labute approximate surface area is 384 Å². The fourth-order valence-electron chi connectivity index (χ4n) is 7.39. The molecule has 2 aliphatic rings. The molecular formula is C50H43N9O8. The lowest BCUT2D eigenvalue weighted by Crippen LogP contribution is -2.63. The van der Waals surface area contributed by atoms with Crippen LogP contribution in [-0.2, 0) is 32.0 Å². The molecule has 4 N–H and O–H groups in total. The van der Waals surface area contributed by atoms with Gasteiger partial charge < -0.3 is 21.3 Å². The van der Waals surface area contributed by atoms with Gasteiger partial charge in [-0.1, -0.05) is 48.5 Å². The summed E-state index contributed by atoms with van der Waals surface area (Å²) < 4.78 is 0. The van der Waals surface area contributed by atoms with Crippen molar-refractivity contribution in [1.29, 1.82) is 0 Å². The molecule has 0 unspecified atom stereocenters. The summed E-state index contributed by atoms with van der Waals surface area (Å²) in [7, 11) is 0. The van der Waals surface area contributed by atoms with Gasteiger partial charge in [-0.15, -0.1) is 5.11 Å². The van der Waals surface area contributed by atoms with Crippen molar-refractivity contribution in [3.05, 3.63) is 172 Å². The Bertz CT molecular complexity index is 2950. The van der Waals surface area contributed by atoms with Crippen LogP contribution in [0.15, 0.2) is 150 Å². The highest BCUT2D eigenvalue weighted by Crippen LogP contribution is 2.38. The molecule has 6 aromatic rings. The highest BCUT2D eigenvalue weighted by molar-refractivity contribution is 6.36. The molecule has 8 rings (SSSR count). The molecule has 0 aromatic heterocycles. The molecule has 8 amide bonds. The van der Waals surface area contributed by atoms with Crippen molar-refractivity contribution in [3.63, 3.8) is 0 Å². The zero-order valence-electron chi connectivity index (χ0n) is 36.7. The topological polar surface area (TPSA) is 225 Å². The number of carbonyl (C=O) groups excluding carboxylic acids is 6. The first-order valence-corrected chi connectivity index (χ1v) is 21.1. The van der Waals surface area contributed by atoms with Crippen LogP contribution in [-0.4, -0.2) is 40.6 Å². The Kier molecular flexibility index (Phi) is 12.0. The number of nitrogens with one attached hydrogen (secondary N) is 4. The van der Waals surface area contributed by atoms with E-state index in [4.69, 9.17) is 0 Å². The number of nitrogens with zero attached hydrogens (tertiary/aromatic N) is 5. The molecule has 2 fully saturated rings. The fraction of sp³-hybridized carbons (Fsp3) is 0.160. The van der Waals surface area contributed by atoms with E-state index >= 15 is 0 Å². The van der Waals surface area contributed by atoms with Crippen LogP contribution in [0.5, 0.6) is 0 Å². The summed E-state index contributed by atoms with van der Waals surface area (Å²) in [5.41, 5.74) is 4.85. The SMILES string of the molecule is CC1(C)C(=O)N(c2ccc(Cc3ccc(NC(=O)Nc4ccc(N=Nc5ccc([N+](=O)[O-])cc5)c(NC(=O)Nc5ccc(Cc6ccc(N7C(=O)C(C)(C)C7=O)cc6)cc5)c4)cc3)cc2)C1=O. The first kappa shape index (κ1) is 44.7. The van der Waals surface area contributed by atoms with Gasteiger partial charge in [0.2, 0.25) is 23.6 Å². The van der Waals surface area contributed by atoms with Crippen molar-refractivity contribution in [3.8, 4) is 0 Å². The smallest absolute Gasteiger partial charge is 0.308 e. The Morgan fingerprint density at radius 2 is 0.881 bits per heavy atom. The third-order valence-electron chi connectivity index (χ3n) is 11.4. The van der Waals surface area contributed by atoms with E-state index in [0.717, 1.165) is 22.3 Å². The van der Waals surface area contributed by atoms with Gasteiger partial charge in [0.1, 0.15) is 16.5 Å². The second-order valence-electron chi connectivity index (χ2n) is 17.1. The van der Waals surface area contributed by atoms with Gasteiger partial charge in [-0.05, 0) is 142 Å². The molecular weight excluding hydrogens is 855 g/mol. The number of carbonyl (C=O) groups is 6. The van der Waals surface area contributed by atoms with E-state index in [0.29, 0.717) is 47.0 Å². The van der Waals surface area contributed by atoms with Crippen molar-refractivity contribution in [2.75, 3.05) is 31.1 Å². The summed E-state index contributed by atoms with van der Waals surface area (Å²) in [6.07, 6.45) is 1.14. The van der Waals surface area contributed by atoms with Gasteiger partial charge in [0.05, 0.1) is 27.7 Å². The molecule has 2 aliphatic heterocycles. The van der Waals surface area contributed by atoms with E-state index in [-0.39, 0.29) is 40.7 Å². The maximum Gasteiger partial charge on any atom is 0.323 e. The number of amides is 8. The number of rotatable bonds is 13. The number of urea groups is 2. The molecule has 0 spiro atoms. The van der Waals surface area contributed by atoms with E-state index in [2.05, 4.69) is 31.5 Å². The minimum absolute atomic E-state index is 0.109. The summed E-state index contributed by atoms with van der Waals surface area (Å²) in [6, 6.07) is 37.8. The van der Waals surface area contributed by atoms with Crippen molar-refractivity contribution < 1.29 is 33.7 Å². The minimum Gasteiger partial charge on any atom is -0.308 e. The summed E-state index contributed by atoms with van der Waals surface area (Å²) >= 11 is 0. The van der Waals surface area contributed by atoms with Gasteiger partial charge in [-0.25, -0.2) is 19.4 Å². The van der Waals surface area contributed by atoms with Gasteiger partial charge in [0.15, 0.2) is 0 Å². The highest BCUT2D eigenvalue weighted by atomic mass is 16.6. The largest absolute Gasteiger partial charge is 0.323 e. The summed E-state index contributed by atoms with van der Waals surface area (Å²) in [4.78, 5) is 89.1. The van der Waals surface area contributed by atoms with Crippen LogP contribution >= 0.6 is 0 Å². The molecule has 0 radical (unpaired) electrons. The monoisotopic (exact) mass is 897 g/mol. The molecule has 2 heterocycles. The lowest BCUT2D eigenvalue weighted by molar-refractivity contribution is -0.384. The van der Waals surface area contributed by atoms with Gasteiger partial charge in [-0.3, -0.25) is 29.3 Å². The molecule has 0 aliphatic carbocycles. The predicted molar refractivity (Wildman–Crippen MR) is 253 cm³/mol. The quantitative estimate of drug-likeness (QED) is 0.0286. The van der Waals surface area contributed by atoms with E-state index in [1.165, 1.54) is 40.1 Å². The highest BCUT2D eigenvalue weighted by Gasteiger charge is 2.55. The number of hydrogen-bond acceptors (Lipinski definition) is 10.